The number of nitrogens with zero attached hydrogens (tertiary/aromatic N) is 5. The van der Waals surface area contributed by atoms with Crippen LogP contribution in [0, 0.1) is 5.82 Å². The minimum atomic E-state index is -0.361. The van der Waals surface area contributed by atoms with Gasteiger partial charge < -0.3 is 14.6 Å². The van der Waals surface area contributed by atoms with E-state index < -0.39 is 0 Å². The molecule has 4 aromatic rings. The number of nitrogens with one attached hydrogen (secondary N) is 1. The second-order valence-corrected chi connectivity index (χ2v) is 9.01. The molecular weight excluding hydrogens is 463 g/mol. The van der Waals surface area contributed by atoms with Crippen molar-refractivity contribution in [2.24, 2.45) is 0 Å². The number of ether oxygens (including phenoxy) is 1. The lowest BCUT2D eigenvalue weighted by atomic mass is 10.2. The van der Waals surface area contributed by atoms with E-state index in [1.54, 1.807) is 22.9 Å². The Kier molecular flexibility index (Phi) is 6.58. The summed E-state index contributed by atoms with van der Waals surface area (Å²) in [6, 6.07) is 10.2. The summed E-state index contributed by atoms with van der Waals surface area (Å²) in [6.07, 6.45) is 3.81. The highest BCUT2D eigenvalue weighted by molar-refractivity contribution is 5.75. The molecule has 0 radical (unpaired) electrons. The van der Waals surface area contributed by atoms with Crippen LogP contribution in [0.2, 0.25) is 0 Å². The number of aromatic nitrogens is 5. The third-order valence-electron chi connectivity index (χ3n) is 6.37. The van der Waals surface area contributed by atoms with Crippen LogP contribution in [0.4, 0.5) is 10.1 Å². The minimum absolute atomic E-state index is 0.0571. The number of hydrogen-bond acceptors (Lipinski definition) is 6. The van der Waals surface area contributed by atoms with E-state index in [1.165, 1.54) is 16.7 Å². The summed E-state index contributed by atoms with van der Waals surface area (Å²) in [6.45, 7) is 6.17. The third-order valence-corrected chi connectivity index (χ3v) is 6.37. The maximum atomic E-state index is 13.6. The molecule has 9 nitrogen and oxygen atoms in total. The minimum Gasteiger partial charge on any atom is -0.472 e. The molecule has 0 spiro atoms. The van der Waals surface area contributed by atoms with Crippen LogP contribution in [-0.4, -0.2) is 43.3 Å². The Morgan fingerprint density at radius 1 is 1.11 bits per heavy atom. The number of anilines is 1. The van der Waals surface area contributed by atoms with Gasteiger partial charge >= 0.3 is 5.69 Å². The number of rotatable bonds is 8. The van der Waals surface area contributed by atoms with E-state index in [2.05, 4.69) is 19.9 Å². The van der Waals surface area contributed by atoms with Gasteiger partial charge in [0, 0.05) is 49.6 Å². The lowest BCUT2D eigenvalue weighted by Gasteiger charge is -2.18. The van der Waals surface area contributed by atoms with Crippen molar-refractivity contribution in [3.63, 3.8) is 0 Å². The van der Waals surface area contributed by atoms with Crippen molar-refractivity contribution in [1.82, 2.24) is 24.1 Å². The molecule has 1 aliphatic rings. The Morgan fingerprint density at radius 2 is 1.92 bits per heavy atom. The zero-order valence-electron chi connectivity index (χ0n) is 20.4. The van der Waals surface area contributed by atoms with Gasteiger partial charge in [0.15, 0.2) is 5.65 Å². The molecule has 0 saturated carbocycles. The fraction of sp³-hybridized carbons (Fsp3) is 0.385. The lowest BCUT2D eigenvalue weighted by Crippen LogP contribution is -2.40. The van der Waals surface area contributed by atoms with Crippen LogP contribution in [-0.2, 0) is 13.1 Å². The molecule has 5 rings (SSSR count). The first-order valence-electron chi connectivity index (χ1n) is 12.4. The van der Waals surface area contributed by atoms with Gasteiger partial charge in [0.2, 0.25) is 5.88 Å². The van der Waals surface area contributed by atoms with E-state index in [0.717, 1.165) is 25.1 Å². The first kappa shape index (κ1) is 23.8. The summed E-state index contributed by atoms with van der Waals surface area (Å²) in [5, 5.41) is 0. The molecule has 1 saturated heterocycles. The lowest BCUT2D eigenvalue weighted by molar-refractivity contribution is 0.216. The number of aromatic amines is 1. The summed E-state index contributed by atoms with van der Waals surface area (Å²) < 4.78 is 22.4. The summed E-state index contributed by atoms with van der Waals surface area (Å²) in [7, 11) is 0. The van der Waals surface area contributed by atoms with Gasteiger partial charge in [-0.25, -0.2) is 19.2 Å². The molecule has 0 bridgehead atoms. The number of H-pyrrole nitrogens is 1. The van der Waals surface area contributed by atoms with Crippen LogP contribution in [0.25, 0.3) is 22.6 Å². The molecule has 0 amide bonds. The normalized spacial score (nSPS) is 15.6. The Balaban J connectivity index is 1.36. The highest BCUT2D eigenvalue weighted by Gasteiger charge is 2.25. The number of fused-ring (bicyclic) bond motifs is 1. The number of benzene rings is 1. The molecule has 3 aromatic heterocycles. The summed E-state index contributed by atoms with van der Waals surface area (Å²) >= 11 is 0. The van der Waals surface area contributed by atoms with E-state index in [4.69, 9.17) is 4.74 Å². The summed E-state index contributed by atoms with van der Waals surface area (Å²) in [4.78, 5) is 40.1. The number of hydrogen-bond donors (Lipinski definition) is 1. The van der Waals surface area contributed by atoms with Gasteiger partial charge in [0.25, 0.3) is 5.56 Å². The van der Waals surface area contributed by atoms with E-state index in [9.17, 15) is 14.0 Å². The average molecular weight is 493 g/mol. The van der Waals surface area contributed by atoms with Crippen LogP contribution in [0.15, 0.2) is 52.2 Å². The number of pyridine rings is 1. The number of halogens is 1. The zero-order valence-corrected chi connectivity index (χ0v) is 20.4. The highest BCUT2D eigenvalue weighted by Crippen LogP contribution is 2.25. The van der Waals surface area contributed by atoms with Crippen molar-refractivity contribution in [1.29, 1.82) is 0 Å². The first-order chi connectivity index (χ1) is 17.5. The van der Waals surface area contributed by atoms with Crippen LogP contribution in [0.5, 0.6) is 5.88 Å². The van der Waals surface area contributed by atoms with E-state index in [0.29, 0.717) is 54.5 Å². The molecule has 1 atom stereocenters. The first-order valence-corrected chi connectivity index (χ1v) is 12.4. The molecule has 188 valence electrons. The fourth-order valence-electron chi connectivity index (χ4n) is 4.64. The molecule has 1 fully saturated rings. The van der Waals surface area contributed by atoms with Crippen molar-refractivity contribution in [3.05, 3.63) is 69.3 Å². The molecule has 1 aliphatic heterocycles. The molecular formula is C26H29FN6O3. The number of imidazole rings is 1. The zero-order chi connectivity index (χ0) is 25.2. The maximum absolute atomic E-state index is 13.6. The van der Waals surface area contributed by atoms with Gasteiger partial charge in [0.1, 0.15) is 23.3 Å². The van der Waals surface area contributed by atoms with Crippen molar-refractivity contribution < 1.29 is 9.13 Å². The Hall–Kier alpha value is -3.95. The predicted octanol–water partition coefficient (Wildman–Crippen LogP) is 3.57. The van der Waals surface area contributed by atoms with Crippen LogP contribution in [0.3, 0.4) is 0 Å². The quantitative estimate of drug-likeness (QED) is 0.404. The third kappa shape index (κ3) is 4.50. The molecule has 1 aromatic carbocycles. The van der Waals surface area contributed by atoms with Gasteiger partial charge in [-0.2, -0.15) is 0 Å². The van der Waals surface area contributed by atoms with E-state index >= 15 is 0 Å². The van der Waals surface area contributed by atoms with Crippen molar-refractivity contribution in [2.75, 3.05) is 18.0 Å². The summed E-state index contributed by atoms with van der Waals surface area (Å²) in [5.74, 6) is 0.697. The molecule has 36 heavy (non-hydrogen) atoms. The van der Waals surface area contributed by atoms with Gasteiger partial charge in [-0.15, -0.1) is 0 Å². The van der Waals surface area contributed by atoms with Crippen LogP contribution < -0.4 is 20.9 Å². The van der Waals surface area contributed by atoms with Gasteiger partial charge in [-0.3, -0.25) is 13.9 Å². The van der Waals surface area contributed by atoms with E-state index in [-0.39, 0.29) is 23.2 Å². The van der Waals surface area contributed by atoms with E-state index in [1.807, 2.05) is 26.0 Å². The standard InChI is InChI=1S/C26H29FN6O3/c1-3-11-32-24-22(25(34)33(12-4-2)26(32)35)29-23(30-24)17-8-9-21(28-15-17)36-20-10-13-31(16-20)19-7-5-6-18(27)14-19/h5-9,14-15,20H,3-4,10-13,16H2,1-2H3,(H,29,30). The monoisotopic (exact) mass is 492 g/mol. The van der Waals surface area contributed by atoms with Crippen molar-refractivity contribution in [2.45, 2.75) is 52.3 Å². The fourth-order valence-corrected chi connectivity index (χ4v) is 4.64. The SMILES string of the molecule is CCCn1c(=O)c2[nH]c(-c3ccc(OC4CCN(c5cccc(F)c5)C4)nc3)nc2n(CCC)c1=O. The Morgan fingerprint density at radius 3 is 2.64 bits per heavy atom. The van der Waals surface area contributed by atoms with Gasteiger partial charge in [0.05, 0.1) is 6.54 Å². The number of aryl methyl sites for hydroxylation is 1. The van der Waals surface area contributed by atoms with Crippen molar-refractivity contribution >= 4 is 16.9 Å². The summed E-state index contributed by atoms with van der Waals surface area (Å²) in [5.41, 5.74) is 1.50. The van der Waals surface area contributed by atoms with Gasteiger partial charge in [-0.1, -0.05) is 19.9 Å². The Labute approximate surface area is 207 Å². The largest absolute Gasteiger partial charge is 0.472 e. The van der Waals surface area contributed by atoms with Crippen molar-refractivity contribution in [3.8, 4) is 17.3 Å². The predicted molar refractivity (Wildman–Crippen MR) is 136 cm³/mol. The highest BCUT2D eigenvalue weighted by atomic mass is 19.1. The molecule has 1 N–H and O–H groups in total. The second-order valence-electron chi connectivity index (χ2n) is 9.01. The van der Waals surface area contributed by atoms with Gasteiger partial charge in [-0.05, 0) is 37.1 Å². The maximum Gasteiger partial charge on any atom is 0.332 e. The molecule has 4 heterocycles. The average Bonchev–Trinajstić information content (AvgIpc) is 3.53. The smallest absolute Gasteiger partial charge is 0.332 e. The molecule has 0 aliphatic carbocycles. The van der Waals surface area contributed by atoms with Crippen LogP contribution >= 0.6 is 0 Å². The van der Waals surface area contributed by atoms with Crippen LogP contribution in [0.1, 0.15) is 33.1 Å². The topological polar surface area (TPSA) is 98.0 Å². The molecule has 10 heteroatoms. The Bertz CT molecular complexity index is 1490. The molecule has 1 unspecified atom stereocenters. The second kappa shape index (κ2) is 9.96.